The molecule has 1 saturated carbocycles. The van der Waals surface area contributed by atoms with Crippen LogP contribution in [0.15, 0.2) is 28.7 Å². The number of carbonyl (C=O) groups is 1. The molecule has 0 radical (unpaired) electrons. The molecule has 0 bridgehead atoms. The van der Waals surface area contributed by atoms with E-state index < -0.39 is 0 Å². The van der Waals surface area contributed by atoms with Crippen LogP contribution in [0, 0.1) is 5.92 Å². The number of nitrogens with one attached hydrogen (secondary N) is 1. The number of carbonyl (C=O) groups excluding carboxylic acids is 1. The van der Waals surface area contributed by atoms with Crippen molar-refractivity contribution in [2.45, 2.75) is 25.3 Å². The first-order chi connectivity index (χ1) is 8.99. The summed E-state index contributed by atoms with van der Waals surface area (Å²) in [6, 6.07) is 8.62. The monoisotopic (exact) mass is 324 g/mol. The summed E-state index contributed by atoms with van der Waals surface area (Å²) >= 11 is 3.47. The first kappa shape index (κ1) is 14.5. The number of likely N-dealkylation sites (N-methyl/N-ethyl adjacent to an activating group) is 1. The lowest BCUT2D eigenvalue weighted by Gasteiger charge is -2.19. The van der Waals surface area contributed by atoms with Crippen LogP contribution in [0.5, 0.6) is 0 Å². The topological polar surface area (TPSA) is 32.3 Å². The molecule has 1 fully saturated rings. The number of halogens is 1. The van der Waals surface area contributed by atoms with Gasteiger partial charge >= 0.3 is 0 Å². The summed E-state index contributed by atoms with van der Waals surface area (Å²) in [5, 5.41) is 3.05. The number of hydrogen-bond acceptors (Lipinski definition) is 2. The Morgan fingerprint density at radius 3 is 2.89 bits per heavy atom. The maximum Gasteiger partial charge on any atom is 0.223 e. The maximum absolute atomic E-state index is 12.1. The molecule has 1 aromatic carbocycles. The summed E-state index contributed by atoms with van der Waals surface area (Å²) in [5.41, 5.74) is 1.26. The van der Waals surface area contributed by atoms with Gasteiger partial charge < -0.3 is 10.2 Å². The van der Waals surface area contributed by atoms with Crippen LogP contribution >= 0.6 is 15.9 Å². The zero-order chi connectivity index (χ0) is 14.0. The molecule has 3 unspecified atom stereocenters. The molecule has 1 N–H and O–H groups in total. The van der Waals surface area contributed by atoms with E-state index in [-0.39, 0.29) is 11.8 Å². The Balaban J connectivity index is 1.84. The van der Waals surface area contributed by atoms with Crippen LogP contribution in [0.3, 0.4) is 0 Å². The van der Waals surface area contributed by atoms with Gasteiger partial charge in [0, 0.05) is 23.0 Å². The normalized spacial score (nSPS) is 23.2. The Morgan fingerprint density at radius 1 is 1.53 bits per heavy atom. The van der Waals surface area contributed by atoms with Gasteiger partial charge in [-0.15, -0.1) is 0 Å². The smallest absolute Gasteiger partial charge is 0.223 e. The van der Waals surface area contributed by atoms with E-state index in [9.17, 15) is 4.79 Å². The molecule has 1 amide bonds. The molecule has 1 aromatic rings. The van der Waals surface area contributed by atoms with Crippen molar-refractivity contribution >= 4 is 21.8 Å². The standard InChI is InChI=1S/C15H21BrN2O/c1-10(18(2)3)9-17-15(19)14-8-13(14)11-5-4-6-12(16)7-11/h4-7,10,13-14H,8-9H2,1-3H3,(H,17,19). The highest BCUT2D eigenvalue weighted by Crippen LogP contribution is 2.47. The number of rotatable bonds is 5. The highest BCUT2D eigenvalue weighted by molar-refractivity contribution is 9.10. The summed E-state index contributed by atoms with van der Waals surface area (Å²) < 4.78 is 1.08. The SMILES string of the molecule is CC(CNC(=O)C1CC1c1cccc(Br)c1)N(C)C. The second kappa shape index (κ2) is 6.06. The van der Waals surface area contributed by atoms with E-state index in [1.54, 1.807) is 0 Å². The maximum atomic E-state index is 12.1. The highest BCUT2D eigenvalue weighted by Gasteiger charge is 2.43. The van der Waals surface area contributed by atoms with Gasteiger partial charge in [0.1, 0.15) is 0 Å². The van der Waals surface area contributed by atoms with Gasteiger partial charge in [-0.2, -0.15) is 0 Å². The Morgan fingerprint density at radius 2 is 2.26 bits per heavy atom. The fraction of sp³-hybridized carbons (Fsp3) is 0.533. The van der Waals surface area contributed by atoms with E-state index >= 15 is 0 Å². The summed E-state index contributed by atoms with van der Waals surface area (Å²) in [6.07, 6.45) is 0.971. The second-order valence-corrected chi connectivity index (χ2v) is 6.48. The van der Waals surface area contributed by atoms with E-state index in [1.165, 1.54) is 5.56 Å². The van der Waals surface area contributed by atoms with Gasteiger partial charge in [-0.3, -0.25) is 4.79 Å². The first-order valence-corrected chi connectivity index (χ1v) is 7.48. The molecule has 0 saturated heterocycles. The van der Waals surface area contributed by atoms with Crippen molar-refractivity contribution in [1.29, 1.82) is 0 Å². The van der Waals surface area contributed by atoms with Crippen molar-refractivity contribution in [3.63, 3.8) is 0 Å². The second-order valence-electron chi connectivity index (χ2n) is 5.56. The first-order valence-electron chi connectivity index (χ1n) is 6.68. The molecular formula is C15H21BrN2O. The van der Waals surface area contributed by atoms with Crippen LogP contribution in [-0.4, -0.2) is 37.5 Å². The number of nitrogens with zero attached hydrogens (tertiary/aromatic N) is 1. The quantitative estimate of drug-likeness (QED) is 0.903. The van der Waals surface area contributed by atoms with Gasteiger partial charge in [0.15, 0.2) is 0 Å². The van der Waals surface area contributed by atoms with Crippen molar-refractivity contribution < 1.29 is 4.79 Å². The molecule has 0 spiro atoms. The average Bonchev–Trinajstić information content (AvgIpc) is 3.15. The summed E-state index contributed by atoms with van der Waals surface area (Å²) in [6.45, 7) is 2.83. The minimum Gasteiger partial charge on any atom is -0.354 e. The molecule has 104 valence electrons. The molecule has 3 atom stereocenters. The van der Waals surface area contributed by atoms with E-state index in [0.29, 0.717) is 18.5 Å². The summed E-state index contributed by atoms with van der Waals surface area (Å²) in [4.78, 5) is 14.2. The molecule has 0 aliphatic heterocycles. The van der Waals surface area contributed by atoms with E-state index in [1.807, 2.05) is 26.2 Å². The molecule has 3 nitrogen and oxygen atoms in total. The lowest BCUT2D eigenvalue weighted by Crippen LogP contribution is -2.38. The van der Waals surface area contributed by atoms with Crippen molar-refractivity contribution in [2.75, 3.05) is 20.6 Å². The van der Waals surface area contributed by atoms with Crippen molar-refractivity contribution in [3.8, 4) is 0 Å². The summed E-state index contributed by atoms with van der Waals surface area (Å²) in [7, 11) is 4.05. The lowest BCUT2D eigenvalue weighted by molar-refractivity contribution is -0.122. The van der Waals surface area contributed by atoms with Crippen LogP contribution < -0.4 is 5.32 Å². The molecule has 0 aromatic heterocycles. The van der Waals surface area contributed by atoms with E-state index in [4.69, 9.17) is 0 Å². The number of amides is 1. The molecular weight excluding hydrogens is 304 g/mol. The predicted octanol–water partition coefficient (Wildman–Crippen LogP) is 2.62. The Hall–Kier alpha value is -0.870. The van der Waals surface area contributed by atoms with Crippen LogP contribution in [0.1, 0.15) is 24.8 Å². The number of benzene rings is 1. The minimum atomic E-state index is 0.156. The molecule has 19 heavy (non-hydrogen) atoms. The average molecular weight is 325 g/mol. The predicted molar refractivity (Wildman–Crippen MR) is 81.1 cm³/mol. The van der Waals surface area contributed by atoms with Gasteiger partial charge in [0.05, 0.1) is 0 Å². The Kier molecular flexibility index (Phi) is 4.63. The third-order valence-corrected chi connectivity index (χ3v) is 4.35. The molecule has 1 aliphatic rings. The zero-order valence-corrected chi connectivity index (χ0v) is 13.3. The molecule has 2 rings (SSSR count). The lowest BCUT2D eigenvalue weighted by atomic mass is 10.1. The van der Waals surface area contributed by atoms with E-state index in [2.05, 4.69) is 45.2 Å². The van der Waals surface area contributed by atoms with Crippen LogP contribution in [0.25, 0.3) is 0 Å². The fourth-order valence-electron chi connectivity index (χ4n) is 2.15. The number of hydrogen-bond donors (Lipinski definition) is 1. The van der Waals surface area contributed by atoms with Crippen LogP contribution in [0.2, 0.25) is 0 Å². The highest BCUT2D eigenvalue weighted by atomic mass is 79.9. The third kappa shape index (κ3) is 3.80. The molecule has 0 heterocycles. The van der Waals surface area contributed by atoms with Gasteiger partial charge in [0.25, 0.3) is 0 Å². The summed E-state index contributed by atoms with van der Waals surface area (Å²) in [5.74, 6) is 0.745. The van der Waals surface area contributed by atoms with Gasteiger partial charge in [-0.1, -0.05) is 28.1 Å². The Labute approximate surface area is 123 Å². The van der Waals surface area contributed by atoms with Gasteiger partial charge in [0.2, 0.25) is 5.91 Å². The molecule has 1 aliphatic carbocycles. The Bertz CT molecular complexity index is 461. The third-order valence-electron chi connectivity index (χ3n) is 3.86. The van der Waals surface area contributed by atoms with Gasteiger partial charge in [-0.25, -0.2) is 0 Å². The van der Waals surface area contributed by atoms with Crippen LogP contribution in [0.4, 0.5) is 0 Å². The fourth-order valence-corrected chi connectivity index (χ4v) is 2.57. The van der Waals surface area contributed by atoms with Crippen molar-refractivity contribution in [3.05, 3.63) is 34.3 Å². The zero-order valence-electron chi connectivity index (χ0n) is 11.7. The van der Waals surface area contributed by atoms with E-state index in [0.717, 1.165) is 10.9 Å². The van der Waals surface area contributed by atoms with Crippen molar-refractivity contribution in [2.24, 2.45) is 5.92 Å². The largest absolute Gasteiger partial charge is 0.354 e. The molecule has 4 heteroatoms. The minimum absolute atomic E-state index is 0.156. The van der Waals surface area contributed by atoms with Gasteiger partial charge in [-0.05, 0) is 51.1 Å². The van der Waals surface area contributed by atoms with Crippen molar-refractivity contribution in [1.82, 2.24) is 10.2 Å². The van der Waals surface area contributed by atoms with Crippen LogP contribution in [-0.2, 0) is 4.79 Å².